The number of aromatic nitrogens is 6. The topological polar surface area (TPSA) is 47.7 Å². The van der Waals surface area contributed by atoms with E-state index in [9.17, 15) is 0 Å². The Morgan fingerprint density at radius 2 is 0.766 bits per heavy atom. The molecular formula is C57H35N7. The average molecular weight is 818 g/mol. The van der Waals surface area contributed by atoms with Crippen molar-refractivity contribution in [1.82, 2.24) is 27.9 Å². The molecule has 0 fully saturated rings. The second-order valence-electron chi connectivity index (χ2n) is 17.0. The molecule has 298 valence electrons. The van der Waals surface area contributed by atoms with Crippen molar-refractivity contribution < 1.29 is 0 Å². The summed E-state index contributed by atoms with van der Waals surface area (Å²) in [5.74, 6) is 1.77. The van der Waals surface area contributed by atoms with Crippen molar-refractivity contribution in [3.8, 4) is 22.5 Å². The molecule has 13 aromatic rings. The smallest absolute Gasteiger partial charge is 0.220 e. The lowest BCUT2D eigenvalue weighted by atomic mass is 9.64. The van der Waals surface area contributed by atoms with Gasteiger partial charge in [0, 0.05) is 5.69 Å². The minimum atomic E-state index is -0.569. The summed E-state index contributed by atoms with van der Waals surface area (Å²) < 4.78 is 9.23. The quantitative estimate of drug-likeness (QED) is 0.178. The van der Waals surface area contributed by atoms with Gasteiger partial charge in [-0.25, -0.2) is 9.97 Å². The zero-order chi connectivity index (χ0) is 41.7. The van der Waals surface area contributed by atoms with E-state index in [0.717, 1.165) is 84.1 Å². The number of nitrogens with zero attached hydrogens (tertiary/aromatic N) is 7. The van der Waals surface area contributed by atoms with Crippen molar-refractivity contribution in [2.45, 2.75) is 5.41 Å². The Morgan fingerprint density at radius 3 is 1.38 bits per heavy atom. The summed E-state index contributed by atoms with van der Waals surface area (Å²) in [6.07, 6.45) is 0. The van der Waals surface area contributed by atoms with Gasteiger partial charge in [0.25, 0.3) is 0 Å². The molecule has 2 aliphatic rings. The van der Waals surface area contributed by atoms with Crippen molar-refractivity contribution >= 4 is 72.8 Å². The zero-order valence-corrected chi connectivity index (χ0v) is 34.3. The molecule has 15 rings (SSSR count). The number of imidazole rings is 4. The van der Waals surface area contributed by atoms with Crippen molar-refractivity contribution in [2.75, 3.05) is 4.90 Å². The molecule has 5 heterocycles. The summed E-state index contributed by atoms with van der Waals surface area (Å²) in [5.41, 5.74) is 21.0. The van der Waals surface area contributed by atoms with Gasteiger partial charge in [0.05, 0.1) is 72.3 Å². The Labute approximate surface area is 366 Å². The van der Waals surface area contributed by atoms with E-state index in [4.69, 9.17) is 9.97 Å². The normalized spacial score (nSPS) is 13.7. The van der Waals surface area contributed by atoms with Gasteiger partial charge in [0.15, 0.2) is 0 Å². The van der Waals surface area contributed by atoms with E-state index in [-0.39, 0.29) is 0 Å². The van der Waals surface area contributed by atoms with Crippen molar-refractivity contribution in [2.24, 2.45) is 0 Å². The molecule has 0 saturated carbocycles. The summed E-state index contributed by atoms with van der Waals surface area (Å²) in [4.78, 5) is 13.0. The largest absolute Gasteiger partial charge is 0.310 e. The molecule has 0 unspecified atom stereocenters. The van der Waals surface area contributed by atoms with Crippen molar-refractivity contribution in [1.29, 1.82) is 0 Å². The molecule has 0 radical (unpaired) electrons. The maximum absolute atomic E-state index is 5.29. The summed E-state index contributed by atoms with van der Waals surface area (Å²) in [5, 5.41) is 0. The van der Waals surface area contributed by atoms with Crippen LogP contribution in [0.4, 0.5) is 17.1 Å². The fourth-order valence-corrected chi connectivity index (χ4v) is 11.5. The van der Waals surface area contributed by atoms with Crippen LogP contribution in [0, 0.1) is 0 Å². The van der Waals surface area contributed by atoms with Crippen LogP contribution in [-0.2, 0) is 5.41 Å². The molecule has 1 aliphatic heterocycles. The maximum Gasteiger partial charge on any atom is 0.220 e. The minimum Gasteiger partial charge on any atom is -0.310 e. The third kappa shape index (κ3) is 4.16. The van der Waals surface area contributed by atoms with Crippen LogP contribution in [0.15, 0.2) is 212 Å². The highest BCUT2D eigenvalue weighted by molar-refractivity contribution is 5.98. The van der Waals surface area contributed by atoms with Crippen LogP contribution in [0.25, 0.3) is 78.2 Å². The molecule has 1 spiro atoms. The number of hydrogen-bond acceptors (Lipinski definition) is 3. The Hall–Kier alpha value is -8.68. The minimum absolute atomic E-state index is 0.569. The van der Waals surface area contributed by atoms with Gasteiger partial charge in [-0.3, -0.25) is 17.9 Å². The Bertz CT molecular complexity index is 4080. The molecule has 7 nitrogen and oxygen atoms in total. The second-order valence-corrected chi connectivity index (χ2v) is 17.0. The fourth-order valence-electron chi connectivity index (χ4n) is 11.5. The van der Waals surface area contributed by atoms with Crippen LogP contribution in [0.2, 0.25) is 0 Å². The third-order valence-electron chi connectivity index (χ3n) is 13.9. The van der Waals surface area contributed by atoms with E-state index >= 15 is 0 Å². The Balaban J connectivity index is 1.04. The third-order valence-corrected chi connectivity index (χ3v) is 13.9. The molecule has 0 saturated heterocycles. The molecule has 0 amide bonds. The van der Waals surface area contributed by atoms with Gasteiger partial charge in [0.2, 0.25) is 11.6 Å². The first-order valence-corrected chi connectivity index (χ1v) is 21.8. The number of fused-ring (bicyclic) bond motifs is 19. The van der Waals surface area contributed by atoms with E-state index in [1.165, 1.54) is 33.4 Å². The van der Waals surface area contributed by atoms with Gasteiger partial charge < -0.3 is 4.90 Å². The highest BCUT2D eigenvalue weighted by Gasteiger charge is 2.51. The van der Waals surface area contributed by atoms with E-state index < -0.39 is 5.41 Å². The summed E-state index contributed by atoms with van der Waals surface area (Å²) in [6.45, 7) is 0. The van der Waals surface area contributed by atoms with Gasteiger partial charge in [-0.2, -0.15) is 0 Å². The highest BCUT2D eigenvalue weighted by Crippen LogP contribution is 2.63. The first-order valence-electron chi connectivity index (χ1n) is 21.8. The highest BCUT2D eigenvalue weighted by atomic mass is 15.2. The lowest BCUT2D eigenvalue weighted by molar-refractivity contribution is 0.752. The van der Waals surface area contributed by atoms with Crippen LogP contribution in [-0.4, -0.2) is 27.9 Å². The van der Waals surface area contributed by atoms with Gasteiger partial charge in [-0.15, -0.1) is 0 Å². The zero-order valence-electron chi connectivity index (χ0n) is 34.3. The second kappa shape index (κ2) is 12.2. The van der Waals surface area contributed by atoms with E-state index in [2.05, 4.69) is 235 Å². The standard InChI is InChI=1S/C57H35N7/c1-3-20-41-39(18-1)40-19-2-4-21-42(40)57(41)43-22-5-8-25-47(43)60(36-16-15-17-37(34-36)61-50-28-11-13-30-52(50)63-48-26-9-6-23-45(48)58-55(61)63)54-35-38(32-33-44(54)57)62-51-29-12-14-31-53(51)64-49-27-10-7-24-46(49)59-56(62)64/h1-35H. The molecule has 1 aliphatic carbocycles. The molecule has 64 heavy (non-hydrogen) atoms. The number of hydrogen-bond donors (Lipinski definition) is 0. The number of benzene rings is 9. The van der Waals surface area contributed by atoms with Crippen molar-refractivity contribution in [3.63, 3.8) is 0 Å². The fraction of sp³-hybridized carbons (Fsp3) is 0.0175. The van der Waals surface area contributed by atoms with Crippen molar-refractivity contribution in [3.05, 3.63) is 235 Å². The maximum atomic E-state index is 5.29. The van der Waals surface area contributed by atoms with Gasteiger partial charge in [-0.05, 0) is 118 Å². The predicted molar refractivity (Wildman–Crippen MR) is 258 cm³/mol. The monoisotopic (exact) mass is 817 g/mol. The Morgan fingerprint density at radius 1 is 0.312 bits per heavy atom. The summed E-state index contributed by atoms with van der Waals surface area (Å²) >= 11 is 0. The van der Waals surface area contributed by atoms with Crippen LogP contribution in [0.3, 0.4) is 0 Å². The van der Waals surface area contributed by atoms with Crippen LogP contribution in [0.1, 0.15) is 22.3 Å². The van der Waals surface area contributed by atoms with Gasteiger partial charge in [0.1, 0.15) is 0 Å². The van der Waals surface area contributed by atoms with E-state index in [1.807, 2.05) is 0 Å². The Kier molecular flexibility index (Phi) is 6.50. The van der Waals surface area contributed by atoms with Gasteiger partial charge in [-0.1, -0.05) is 127 Å². The SMILES string of the molecule is c1cc(N2c3ccccc3C3(c4ccccc4-c4ccccc43)c3ccc(-n4c5ccccc5n5c6ccccc6nc45)cc32)cc(-n2c3ccccc3n3c4ccccc4nc23)c1. The predicted octanol–water partition coefficient (Wildman–Crippen LogP) is 13.3. The molecule has 4 aromatic heterocycles. The van der Waals surface area contributed by atoms with Crippen LogP contribution in [0.5, 0.6) is 0 Å². The van der Waals surface area contributed by atoms with Gasteiger partial charge >= 0.3 is 0 Å². The number of anilines is 3. The average Bonchev–Trinajstić information content (AvgIpc) is 4.14. The molecule has 0 N–H and O–H groups in total. The lowest BCUT2D eigenvalue weighted by Crippen LogP contribution is -2.36. The molecule has 0 bridgehead atoms. The number of para-hydroxylation sites is 9. The molecule has 7 heteroatoms. The first-order chi connectivity index (χ1) is 31.8. The van der Waals surface area contributed by atoms with Crippen LogP contribution >= 0.6 is 0 Å². The molecule has 0 atom stereocenters. The molecular weight excluding hydrogens is 783 g/mol. The van der Waals surface area contributed by atoms with E-state index in [1.54, 1.807) is 0 Å². The first kappa shape index (κ1) is 34.0. The van der Waals surface area contributed by atoms with E-state index in [0.29, 0.717) is 0 Å². The van der Waals surface area contributed by atoms with Crippen LogP contribution < -0.4 is 4.90 Å². The number of rotatable bonds is 3. The lowest BCUT2D eigenvalue weighted by Gasteiger charge is -2.45. The summed E-state index contributed by atoms with van der Waals surface area (Å²) in [7, 11) is 0. The summed E-state index contributed by atoms with van der Waals surface area (Å²) in [6, 6.07) is 77.2. The molecule has 9 aromatic carbocycles.